The van der Waals surface area contributed by atoms with Crippen LogP contribution in [0.3, 0.4) is 0 Å². The maximum atomic E-state index is 12.2. The Morgan fingerprint density at radius 1 is 1.30 bits per heavy atom. The first kappa shape index (κ1) is 17.7. The van der Waals surface area contributed by atoms with Gasteiger partial charge in [0.15, 0.2) is 0 Å². The van der Waals surface area contributed by atoms with E-state index in [4.69, 9.17) is 0 Å². The van der Waals surface area contributed by atoms with Gasteiger partial charge in [-0.2, -0.15) is 0 Å². The molecule has 2 aromatic rings. The van der Waals surface area contributed by atoms with Crippen LogP contribution in [0.4, 0.5) is 0 Å². The van der Waals surface area contributed by atoms with Crippen molar-refractivity contribution in [1.29, 1.82) is 0 Å². The van der Waals surface area contributed by atoms with Crippen LogP contribution in [0.25, 0.3) is 10.8 Å². The number of pyridine rings is 1. The molecule has 4 nitrogen and oxygen atoms in total. The number of hydrogen-bond acceptors (Lipinski definition) is 3. The Morgan fingerprint density at radius 2 is 2.09 bits per heavy atom. The number of aliphatic hydroxyl groups is 1. The Kier molecular flexibility index (Phi) is 6.37. The van der Waals surface area contributed by atoms with Crippen molar-refractivity contribution >= 4 is 10.8 Å². The first-order valence-corrected chi connectivity index (χ1v) is 8.49. The van der Waals surface area contributed by atoms with Crippen LogP contribution in [0.2, 0.25) is 0 Å². The van der Waals surface area contributed by atoms with Crippen molar-refractivity contribution in [2.45, 2.75) is 45.6 Å². The second-order valence-corrected chi connectivity index (χ2v) is 6.47. The largest absolute Gasteiger partial charge is 0.392 e. The van der Waals surface area contributed by atoms with Gasteiger partial charge in [0.05, 0.1) is 6.10 Å². The molecule has 0 bridgehead atoms. The van der Waals surface area contributed by atoms with Crippen molar-refractivity contribution in [2.24, 2.45) is 0 Å². The summed E-state index contributed by atoms with van der Waals surface area (Å²) in [5.74, 6) is 0. The molecule has 0 saturated carbocycles. The molecule has 1 unspecified atom stereocenters. The van der Waals surface area contributed by atoms with Gasteiger partial charge >= 0.3 is 0 Å². The maximum absolute atomic E-state index is 12.2. The monoisotopic (exact) mass is 316 g/mol. The van der Waals surface area contributed by atoms with E-state index < -0.39 is 0 Å². The summed E-state index contributed by atoms with van der Waals surface area (Å²) in [6.07, 6.45) is 3.29. The number of hydrogen-bond donors (Lipinski definition) is 2. The van der Waals surface area contributed by atoms with Crippen LogP contribution < -0.4 is 5.56 Å². The number of rotatable bonds is 8. The third-order valence-electron chi connectivity index (χ3n) is 4.32. The van der Waals surface area contributed by atoms with Gasteiger partial charge in [-0.05, 0) is 62.9 Å². The van der Waals surface area contributed by atoms with Crippen LogP contribution in [0.5, 0.6) is 0 Å². The van der Waals surface area contributed by atoms with Gasteiger partial charge in [-0.15, -0.1) is 0 Å². The van der Waals surface area contributed by atoms with Crippen LogP contribution >= 0.6 is 0 Å². The third kappa shape index (κ3) is 4.91. The summed E-state index contributed by atoms with van der Waals surface area (Å²) < 4.78 is 0. The zero-order valence-electron chi connectivity index (χ0n) is 14.4. The minimum atomic E-state index is -0.368. The number of nitrogens with zero attached hydrogens (tertiary/aromatic N) is 1. The lowest BCUT2D eigenvalue weighted by atomic mass is 10.0. The van der Waals surface area contributed by atoms with E-state index in [9.17, 15) is 9.90 Å². The average Bonchev–Trinajstić information content (AvgIpc) is 2.52. The molecule has 0 saturated heterocycles. The fraction of sp³-hybridized carbons (Fsp3) is 0.526. The highest BCUT2D eigenvalue weighted by molar-refractivity contribution is 5.84. The standard InChI is InChI=1S/C19H28N2O2/c1-4-5-11-21(3)13-16(22)10-9-15-12-18-14(2)7-6-8-17(18)19(23)20-15/h6-8,12,16,22H,4-5,9-11,13H2,1-3H3,(H,20,23). The molecule has 4 heteroatoms. The molecule has 2 N–H and O–H groups in total. The van der Waals surface area contributed by atoms with Gasteiger partial charge in [-0.25, -0.2) is 0 Å². The number of aromatic nitrogens is 1. The molecule has 0 aliphatic carbocycles. The van der Waals surface area contributed by atoms with Crippen LogP contribution in [0.1, 0.15) is 37.4 Å². The first-order chi connectivity index (χ1) is 11.0. The van der Waals surface area contributed by atoms with Crippen molar-refractivity contribution in [2.75, 3.05) is 20.1 Å². The quantitative estimate of drug-likeness (QED) is 0.787. The topological polar surface area (TPSA) is 56.3 Å². The Bertz CT molecular complexity index is 693. The van der Waals surface area contributed by atoms with E-state index in [0.717, 1.165) is 41.4 Å². The number of aromatic amines is 1. The van der Waals surface area contributed by atoms with E-state index in [-0.39, 0.29) is 11.7 Å². The summed E-state index contributed by atoms with van der Waals surface area (Å²) in [7, 11) is 2.04. The van der Waals surface area contributed by atoms with Gasteiger partial charge in [0.1, 0.15) is 0 Å². The van der Waals surface area contributed by atoms with E-state index in [1.54, 1.807) is 0 Å². The molecule has 1 aromatic carbocycles. The lowest BCUT2D eigenvalue weighted by Gasteiger charge is -2.20. The molecule has 1 heterocycles. The summed E-state index contributed by atoms with van der Waals surface area (Å²) in [6.45, 7) is 5.88. The van der Waals surface area contributed by atoms with Gasteiger partial charge in [0.25, 0.3) is 5.56 Å². The highest BCUT2D eigenvalue weighted by Crippen LogP contribution is 2.16. The van der Waals surface area contributed by atoms with Gasteiger partial charge in [0.2, 0.25) is 0 Å². The smallest absolute Gasteiger partial charge is 0.256 e. The molecule has 126 valence electrons. The minimum absolute atomic E-state index is 0.0456. The van der Waals surface area contributed by atoms with E-state index in [0.29, 0.717) is 19.4 Å². The van der Waals surface area contributed by atoms with E-state index >= 15 is 0 Å². The molecule has 0 aliphatic heterocycles. The van der Waals surface area contributed by atoms with Crippen molar-refractivity contribution in [3.8, 4) is 0 Å². The van der Waals surface area contributed by atoms with Crippen LogP contribution in [-0.2, 0) is 6.42 Å². The number of benzene rings is 1. The number of H-pyrrole nitrogens is 1. The Balaban J connectivity index is 1.99. The summed E-state index contributed by atoms with van der Waals surface area (Å²) >= 11 is 0. The number of nitrogens with one attached hydrogen (secondary N) is 1. The van der Waals surface area contributed by atoms with E-state index in [1.165, 1.54) is 0 Å². The Hall–Kier alpha value is -1.65. The number of fused-ring (bicyclic) bond motifs is 1. The summed E-state index contributed by atoms with van der Waals surface area (Å²) in [4.78, 5) is 17.3. The molecule has 1 atom stereocenters. The van der Waals surface area contributed by atoms with Gasteiger partial charge in [0, 0.05) is 17.6 Å². The SMILES string of the molecule is CCCCN(C)CC(O)CCc1cc2c(C)cccc2c(=O)[nH]1. The second-order valence-electron chi connectivity index (χ2n) is 6.47. The van der Waals surface area contributed by atoms with Crippen molar-refractivity contribution in [3.63, 3.8) is 0 Å². The van der Waals surface area contributed by atoms with Crippen LogP contribution in [0.15, 0.2) is 29.1 Å². The fourth-order valence-electron chi connectivity index (χ4n) is 2.92. The van der Waals surface area contributed by atoms with Crippen molar-refractivity contribution in [3.05, 3.63) is 45.9 Å². The predicted octanol–water partition coefficient (Wildman–Crippen LogP) is 2.86. The van der Waals surface area contributed by atoms with Crippen LogP contribution in [-0.4, -0.2) is 41.2 Å². The average molecular weight is 316 g/mol. The molecule has 0 amide bonds. The molecular formula is C19H28N2O2. The Labute approximate surface area is 138 Å². The summed E-state index contributed by atoms with van der Waals surface area (Å²) in [5.41, 5.74) is 1.96. The lowest BCUT2D eigenvalue weighted by Crippen LogP contribution is -2.30. The van der Waals surface area contributed by atoms with Crippen molar-refractivity contribution < 1.29 is 5.11 Å². The van der Waals surface area contributed by atoms with Crippen LogP contribution in [0, 0.1) is 6.92 Å². The first-order valence-electron chi connectivity index (χ1n) is 8.49. The number of aryl methyl sites for hydroxylation is 2. The molecule has 0 fully saturated rings. The summed E-state index contributed by atoms with van der Waals surface area (Å²) in [5, 5.41) is 11.9. The Morgan fingerprint density at radius 3 is 2.83 bits per heavy atom. The minimum Gasteiger partial charge on any atom is -0.392 e. The fourth-order valence-corrected chi connectivity index (χ4v) is 2.92. The molecule has 2 rings (SSSR count). The molecule has 0 radical (unpaired) electrons. The zero-order valence-corrected chi connectivity index (χ0v) is 14.4. The van der Waals surface area contributed by atoms with E-state index in [2.05, 4.69) is 16.8 Å². The highest BCUT2D eigenvalue weighted by Gasteiger charge is 2.10. The van der Waals surface area contributed by atoms with Gasteiger partial charge in [-0.1, -0.05) is 25.5 Å². The molecule has 0 spiro atoms. The number of likely N-dealkylation sites (N-methyl/N-ethyl adjacent to an activating group) is 1. The lowest BCUT2D eigenvalue weighted by molar-refractivity contribution is 0.117. The number of unbranched alkanes of at least 4 members (excludes halogenated alkanes) is 1. The predicted molar refractivity (Wildman–Crippen MR) is 96.0 cm³/mol. The highest BCUT2D eigenvalue weighted by atomic mass is 16.3. The molecule has 0 aliphatic rings. The van der Waals surface area contributed by atoms with Gasteiger partial charge < -0.3 is 15.0 Å². The summed E-state index contributed by atoms with van der Waals surface area (Å²) in [6, 6.07) is 7.81. The second kappa shape index (κ2) is 8.27. The van der Waals surface area contributed by atoms with E-state index in [1.807, 2.05) is 38.2 Å². The maximum Gasteiger partial charge on any atom is 0.256 e. The molecule has 1 aromatic heterocycles. The normalized spacial score (nSPS) is 12.9. The molecular weight excluding hydrogens is 288 g/mol. The third-order valence-corrected chi connectivity index (χ3v) is 4.32. The molecule has 23 heavy (non-hydrogen) atoms. The number of aliphatic hydroxyl groups excluding tert-OH is 1. The van der Waals surface area contributed by atoms with Crippen molar-refractivity contribution in [1.82, 2.24) is 9.88 Å². The zero-order chi connectivity index (χ0) is 16.8. The van der Waals surface area contributed by atoms with Gasteiger partial charge in [-0.3, -0.25) is 4.79 Å².